The number of amides is 2. The minimum absolute atomic E-state index is 0.0197. The van der Waals surface area contributed by atoms with Gasteiger partial charge in [0.15, 0.2) is 0 Å². The molecule has 0 aromatic carbocycles. The van der Waals surface area contributed by atoms with E-state index in [1.54, 1.807) is 15.3 Å². The van der Waals surface area contributed by atoms with Crippen molar-refractivity contribution in [1.82, 2.24) is 20.0 Å². The Hall–Kier alpha value is -1.74. The maximum Gasteiger partial charge on any atom is 0.323 e. The molecule has 0 saturated carbocycles. The van der Waals surface area contributed by atoms with Crippen LogP contribution in [0.5, 0.6) is 0 Å². The molecule has 1 aliphatic rings. The van der Waals surface area contributed by atoms with E-state index in [-0.39, 0.29) is 12.6 Å². The van der Waals surface area contributed by atoms with Crippen LogP contribution < -0.4 is 5.32 Å². The van der Waals surface area contributed by atoms with Crippen LogP contribution in [-0.2, 0) is 4.79 Å². The van der Waals surface area contributed by atoms with Crippen molar-refractivity contribution in [2.75, 3.05) is 38.0 Å². The van der Waals surface area contributed by atoms with E-state index in [9.17, 15) is 9.59 Å². The van der Waals surface area contributed by atoms with E-state index >= 15 is 0 Å². The number of piperazine rings is 1. The zero-order chi connectivity index (χ0) is 13.0. The molecule has 0 radical (unpaired) electrons. The number of hydrogen-bond acceptors (Lipinski definition) is 6. The van der Waals surface area contributed by atoms with Crippen LogP contribution in [-0.4, -0.2) is 69.8 Å². The number of carboxylic acids is 1. The molecule has 2 heterocycles. The number of aromatic nitrogens is 2. The van der Waals surface area contributed by atoms with Gasteiger partial charge >= 0.3 is 12.0 Å². The minimum atomic E-state index is -0.846. The lowest BCUT2D eigenvalue weighted by atomic mass is 10.3. The molecule has 98 valence electrons. The zero-order valence-electron chi connectivity index (χ0n) is 9.57. The summed E-state index contributed by atoms with van der Waals surface area (Å²) in [5.74, 6) is -0.846. The maximum absolute atomic E-state index is 11.8. The fourth-order valence-electron chi connectivity index (χ4n) is 1.70. The van der Waals surface area contributed by atoms with Gasteiger partial charge < -0.3 is 10.0 Å². The Balaban J connectivity index is 1.79. The van der Waals surface area contributed by atoms with Gasteiger partial charge in [-0.05, 0) is 0 Å². The molecule has 0 bridgehead atoms. The summed E-state index contributed by atoms with van der Waals surface area (Å²) in [7, 11) is 0. The predicted octanol–water partition coefficient (Wildman–Crippen LogP) is -0.228. The van der Waals surface area contributed by atoms with Crippen molar-refractivity contribution < 1.29 is 14.7 Å². The topological polar surface area (TPSA) is 98.7 Å². The van der Waals surface area contributed by atoms with Crippen LogP contribution in [0.2, 0.25) is 0 Å². The second-order valence-corrected chi connectivity index (χ2v) is 4.66. The van der Waals surface area contributed by atoms with E-state index in [4.69, 9.17) is 5.11 Å². The van der Waals surface area contributed by atoms with Crippen LogP contribution in [0.1, 0.15) is 0 Å². The highest BCUT2D eigenvalue weighted by Crippen LogP contribution is 2.10. The number of nitrogens with zero attached hydrogens (tertiary/aromatic N) is 4. The van der Waals surface area contributed by atoms with E-state index in [1.165, 1.54) is 11.3 Å². The third kappa shape index (κ3) is 3.37. The number of aliphatic carboxylic acids is 1. The molecule has 18 heavy (non-hydrogen) atoms. The summed E-state index contributed by atoms with van der Waals surface area (Å²) in [4.78, 5) is 25.8. The number of carbonyl (C=O) groups excluding carboxylic acids is 1. The molecule has 1 fully saturated rings. The van der Waals surface area contributed by atoms with Gasteiger partial charge in [-0.3, -0.25) is 15.0 Å². The number of anilines is 1. The van der Waals surface area contributed by atoms with Gasteiger partial charge in [0.25, 0.3) is 0 Å². The number of carboxylic acid groups (broad SMARTS) is 1. The lowest BCUT2D eigenvalue weighted by Gasteiger charge is -2.33. The molecule has 0 aliphatic carbocycles. The Morgan fingerprint density at radius 2 is 2.11 bits per heavy atom. The Morgan fingerprint density at radius 1 is 1.39 bits per heavy atom. The summed E-state index contributed by atoms with van der Waals surface area (Å²) in [6, 6.07) is -0.221. The number of carbonyl (C=O) groups is 2. The highest BCUT2D eigenvalue weighted by Gasteiger charge is 2.22. The largest absolute Gasteiger partial charge is 0.480 e. The van der Waals surface area contributed by atoms with E-state index < -0.39 is 5.97 Å². The fraction of sp³-hybridized carbons (Fsp3) is 0.556. The van der Waals surface area contributed by atoms with Crippen LogP contribution in [0, 0.1) is 0 Å². The van der Waals surface area contributed by atoms with Crippen molar-refractivity contribution >= 4 is 28.5 Å². The third-order valence-electron chi connectivity index (χ3n) is 2.59. The van der Waals surface area contributed by atoms with Gasteiger partial charge in [0, 0.05) is 26.2 Å². The van der Waals surface area contributed by atoms with Crippen molar-refractivity contribution in [1.29, 1.82) is 0 Å². The summed E-state index contributed by atoms with van der Waals surface area (Å²) in [6.07, 6.45) is 0. The molecular weight excluding hydrogens is 258 g/mol. The van der Waals surface area contributed by atoms with Gasteiger partial charge in [0.05, 0.1) is 6.54 Å². The number of hydrogen-bond donors (Lipinski definition) is 2. The molecule has 1 saturated heterocycles. The molecule has 2 N–H and O–H groups in total. The molecule has 0 unspecified atom stereocenters. The van der Waals surface area contributed by atoms with Crippen LogP contribution in [0.25, 0.3) is 0 Å². The Morgan fingerprint density at radius 3 is 2.67 bits per heavy atom. The fourth-order valence-corrected chi connectivity index (χ4v) is 2.13. The first-order valence-corrected chi connectivity index (χ1v) is 6.29. The lowest BCUT2D eigenvalue weighted by Crippen LogP contribution is -2.51. The Labute approximate surface area is 107 Å². The number of nitrogens with one attached hydrogen (secondary N) is 1. The van der Waals surface area contributed by atoms with Gasteiger partial charge in [-0.15, -0.1) is 10.2 Å². The zero-order valence-corrected chi connectivity index (χ0v) is 10.4. The first-order chi connectivity index (χ1) is 8.65. The first-order valence-electron chi connectivity index (χ1n) is 5.41. The normalized spacial score (nSPS) is 16.6. The predicted molar refractivity (Wildman–Crippen MR) is 64.6 cm³/mol. The van der Waals surface area contributed by atoms with Crippen molar-refractivity contribution in [3.05, 3.63) is 5.51 Å². The molecule has 8 nitrogen and oxygen atoms in total. The van der Waals surface area contributed by atoms with E-state index in [2.05, 4.69) is 15.5 Å². The van der Waals surface area contributed by atoms with Gasteiger partial charge in [-0.1, -0.05) is 11.3 Å². The summed E-state index contributed by atoms with van der Waals surface area (Å²) >= 11 is 1.26. The molecule has 0 atom stereocenters. The molecule has 1 aromatic rings. The molecule has 9 heteroatoms. The monoisotopic (exact) mass is 271 g/mol. The molecule has 1 aliphatic heterocycles. The summed E-state index contributed by atoms with van der Waals surface area (Å²) in [5.41, 5.74) is 1.54. The number of urea groups is 1. The SMILES string of the molecule is O=C(O)CN1CCN(C(=O)Nc2nncs2)CC1. The number of rotatable bonds is 3. The van der Waals surface area contributed by atoms with Crippen LogP contribution in [0.3, 0.4) is 0 Å². The van der Waals surface area contributed by atoms with E-state index in [1.807, 2.05) is 0 Å². The summed E-state index contributed by atoms with van der Waals surface area (Å²) in [6.45, 7) is 2.17. The highest BCUT2D eigenvalue weighted by atomic mass is 32.1. The Bertz CT molecular complexity index is 416. The quantitative estimate of drug-likeness (QED) is 0.788. The van der Waals surface area contributed by atoms with E-state index in [0.717, 1.165) is 0 Å². The molecule has 1 aromatic heterocycles. The Kier molecular flexibility index (Phi) is 4.05. The average Bonchev–Trinajstić information content (AvgIpc) is 2.82. The summed E-state index contributed by atoms with van der Waals surface area (Å²) < 4.78 is 0. The van der Waals surface area contributed by atoms with Crippen LogP contribution >= 0.6 is 11.3 Å². The third-order valence-corrected chi connectivity index (χ3v) is 3.20. The minimum Gasteiger partial charge on any atom is -0.480 e. The van der Waals surface area contributed by atoms with E-state index in [0.29, 0.717) is 31.3 Å². The second-order valence-electron chi connectivity index (χ2n) is 3.83. The van der Waals surface area contributed by atoms with Crippen LogP contribution in [0.15, 0.2) is 5.51 Å². The smallest absolute Gasteiger partial charge is 0.323 e. The summed E-state index contributed by atoms with van der Waals surface area (Å²) in [5, 5.41) is 19.1. The highest BCUT2D eigenvalue weighted by molar-refractivity contribution is 7.13. The standard InChI is InChI=1S/C9H13N5O3S/c15-7(16)5-13-1-3-14(4-2-13)9(17)11-8-12-10-6-18-8/h6H,1-5H2,(H,15,16)(H,11,12,17). The second kappa shape index (κ2) is 5.74. The lowest BCUT2D eigenvalue weighted by molar-refractivity contribution is -0.138. The van der Waals surface area contributed by atoms with Crippen molar-refractivity contribution in [2.24, 2.45) is 0 Å². The average molecular weight is 271 g/mol. The molecule has 2 amide bonds. The molecule has 2 rings (SSSR count). The molecular formula is C9H13N5O3S. The van der Waals surface area contributed by atoms with Gasteiger partial charge in [-0.2, -0.15) is 0 Å². The van der Waals surface area contributed by atoms with Crippen molar-refractivity contribution in [2.45, 2.75) is 0 Å². The van der Waals surface area contributed by atoms with Crippen LogP contribution in [0.4, 0.5) is 9.93 Å². The van der Waals surface area contributed by atoms with Gasteiger partial charge in [0.2, 0.25) is 5.13 Å². The van der Waals surface area contributed by atoms with Crippen molar-refractivity contribution in [3.8, 4) is 0 Å². The van der Waals surface area contributed by atoms with Gasteiger partial charge in [-0.25, -0.2) is 4.79 Å². The first kappa shape index (κ1) is 12.7. The van der Waals surface area contributed by atoms with Crippen molar-refractivity contribution in [3.63, 3.8) is 0 Å². The maximum atomic E-state index is 11.8. The van der Waals surface area contributed by atoms with Gasteiger partial charge in [0.1, 0.15) is 5.51 Å². The molecule has 0 spiro atoms.